The van der Waals surface area contributed by atoms with Crippen LogP contribution in [0, 0.1) is 11.6 Å². The van der Waals surface area contributed by atoms with E-state index >= 15 is 0 Å². The molecular formula is C17H26F2N2. The molecule has 1 aliphatic carbocycles. The topological polar surface area (TPSA) is 15.3 Å². The second-order valence-electron chi connectivity index (χ2n) is 6.43. The maximum absolute atomic E-state index is 13.8. The van der Waals surface area contributed by atoms with E-state index in [4.69, 9.17) is 0 Å². The fourth-order valence-electron chi connectivity index (χ4n) is 3.30. The van der Waals surface area contributed by atoms with Gasteiger partial charge in [-0.2, -0.15) is 0 Å². The molecule has 0 aromatic heterocycles. The fraction of sp³-hybridized carbons (Fsp3) is 0.647. The van der Waals surface area contributed by atoms with Crippen molar-refractivity contribution in [1.82, 2.24) is 10.2 Å². The van der Waals surface area contributed by atoms with E-state index in [1.54, 1.807) is 12.1 Å². The second-order valence-corrected chi connectivity index (χ2v) is 6.43. The molecule has 21 heavy (non-hydrogen) atoms. The van der Waals surface area contributed by atoms with Crippen molar-refractivity contribution in [3.63, 3.8) is 0 Å². The summed E-state index contributed by atoms with van der Waals surface area (Å²) in [7, 11) is 4.22. The molecule has 0 saturated heterocycles. The number of hydrogen-bond acceptors (Lipinski definition) is 2. The molecule has 1 saturated carbocycles. The van der Waals surface area contributed by atoms with Crippen LogP contribution in [0.1, 0.15) is 50.6 Å². The first-order chi connectivity index (χ1) is 9.96. The lowest BCUT2D eigenvalue weighted by Gasteiger charge is -2.44. The van der Waals surface area contributed by atoms with E-state index in [0.29, 0.717) is 5.56 Å². The minimum atomic E-state index is -0.777. The van der Waals surface area contributed by atoms with E-state index in [-0.39, 0.29) is 11.6 Å². The standard InChI is InChI=1S/C17H26F2N2/c1-13(14-8-7-9-15(18)16(14)19)20-12-17(21(2)3)10-5-4-6-11-17/h7-9,13,20H,4-6,10-12H2,1-3H3. The Morgan fingerprint density at radius 1 is 1.19 bits per heavy atom. The lowest BCUT2D eigenvalue weighted by atomic mass is 9.80. The predicted molar refractivity (Wildman–Crippen MR) is 82.3 cm³/mol. The number of rotatable bonds is 5. The van der Waals surface area contributed by atoms with Gasteiger partial charge in [-0.3, -0.25) is 0 Å². The van der Waals surface area contributed by atoms with Crippen LogP contribution >= 0.6 is 0 Å². The van der Waals surface area contributed by atoms with Gasteiger partial charge < -0.3 is 10.2 Å². The van der Waals surface area contributed by atoms with Crippen molar-refractivity contribution < 1.29 is 8.78 Å². The summed E-state index contributed by atoms with van der Waals surface area (Å²) in [5.74, 6) is -1.51. The minimum absolute atomic E-state index is 0.135. The molecule has 1 N–H and O–H groups in total. The Hall–Kier alpha value is -1.00. The number of likely N-dealkylation sites (N-methyl/N-ethyl adjacent to an activating group) is 1. The zero-order chi connectivity index (χ0) is 15.5. The first kappa shape index (κ1) is 16.4. The highest BCUT2D eigenvalue weighted by Gasteiger charge is 2.34. The van der Waals surface area contributed by atoms with Crippen LogP contribution in [0.4, 0.5) is 8.78 Å². The van der Waals surface area contributed by atoms with Gasteiger partial charge in [-0.15, -0.1) is 0 Å². The summed E-state index contributed by atoms with van der Waals surface area (Å²) in [6, 6.07) is 4.18. The highest BCUT2D eigenvalue weighted by Crippen LogP contribution is 2.32. The average Bonchev–Trinajstić information content (AvgIpc) is 2.48. The smallest absolute Gasteiger partial charge is 0.163 e. The van der Waals surface area contributed by atoms with Crippen LogP contribution in [0.3, 0.4) is 0 Å². The first-order valence-electron chi connectivity index (χ1n) is 7.81. The van der Waals surface area contributed by atoms with Crippen LogP contribution in [0.2, 0.25) is 0 Å². The van der Waals surface area contributed by atoms with Crippen molar-refractivity contribution in [1.29, 1.82) is 0 Å². The van der Waals surface area contributed by atoms with Gasteiger partial charge in [0.1, 0.15) is 0 Å². The molecule has 0 amide bonds. The molecule has 1 fully saturated rings. The molecule has 2 rings (SSSR count). The monoisotopic (exact) mass is 296 g/mol. The predicted octanol–water partition coefficient (Wildman–Crippen LogP) is 3.88. The highest BCUT2D eigenvalue weighted by molar-refractivity contribution is 5.22. The maximum Gasteiger partial charge on any atom is 0.163 e. The second kappa shape index (κ2) is 6.84. The van der Waals surface area contributed by atoms with Gasteiger partial charge in [0, 0.05) is 23.7 Å². The summed E-state index contributed by atoms with van der Waals surface area (Å²) >= 11 is 0. The molecule has 0 radical (unpaired) electrons. The van der Waals surface area contributed by atoms with Gasteiger partial charge in [-0.05, 0) is 39.9 Å². The molecule has 2 nitrogen and oxygen atoms in total. The zero-order valence-corrected chi connectivity index (χ0v) is 13.3. The van der Waals surface area contributed by atoms with Crippen molar-refractivity contribution in [2.45, 2.75) is 50.6 Å². The van der Waals surface area contributed by atoms with Crippen LogP contribution in [-0.2, 0) is 0 Å². The van der Waals surface area contributed by atoms with Crippen molar-refractivity contribution in [3.8, 4) is 0 Å². The Balaban J connectivity index is 2.05. The first-order valence-corrected chi connectivity index (χ1v) is 7.81. The van der Waals surface area contributed by atoms with Crippen molar-refractivity contribution in [2.24, 2.45) is 0 Å². The highest BCUT2D eigenvalue weighted by atomic mass is 19.2. The molecule has 1 atom stereocenters. The molecule has 0 bridgehead atoms. The summed E-state index contributed by atoms with van der Waals surface area (Å²) in [4.78, 5) is 2.29. The molecule has 0 aliphatic heterocycles. The molecule has 0 heterocycles. The van der Waals surface area contributed by atoms with Gasteiger partial charge in [0.05, 0.1) is 0 Å². The molecule has 1 unspecified atom stereocenters. The van der Waals surface area contributed by atoms with Gasteiger partial charge >= 0.3 is 0 Å². The Kier molecular flexibility index (Phi) is 5.33. The third-order valence-corrected chi connectivity index (χ3v) is 4.92. The van der Waals surface area contributed by atoms with Gasteiger partial charge in [0.25, 0.3) is 0 Å². The number of nitrogens with zero attached hydrogens (tertiary/aromatic N) is 1. The van der Waals surface area contributed by atoms with E-state index in [9.17, 15) is 8.78 Å². The molecular weight excluding hydrogens is 270 g/mol. The molecule has 1 aromatic rings. The molecule has 1 aliphatic rings. The van der Waals surface area contributed by atoms with E-state index in [1.807, 2.05) is 6.92 Å². The van der Waals surface area contributed by atoms with Crippen LogP contribution < -0.4 is 5.32 Å². The number of nitrogens with one attached hydrogen (secondary N) is 1. The van der Waals surface area contributed by atoms with Crippen molar-refractivity contribution in [3.05, 3.63) is 35.4 Å². The maximum atomic E-state index is 13.8. The Morgan fingerprint density at radius 3 is 2.48 bits per heavy atom. The SMILES string of the molecule is CC(NCC1(N(C)C)CCCCC1)c1cccc(F)c1F. The summed E-state index contributed by atoms with van der Waals surface area (Å²) in [5.41, 5.74) is 0.538. The normalized spacial score (nSPS) is 19.7. The van der Waals surface area contributed by atoms with Crippen LogP contribution in [0.25, 0.3) is 0 Å². The van der Waals surface area contributed by atoms with Gasteiger partial charge in [-0.25, -0.2) is 8.78 Å². The quantitative estimate of drug-likeness (QED) is 0.887. The number of benzene rings is 1. The third kappa shape index (κ3) is 3.61. The van der Waals surface area contributed by atoms with Gasteiger partial charge in [0.2, 0.25) is 0 Å². The summed E-state index contributed by atoms with van der Waals surface area (Å²) in [6.45, 7) is 2.70. The summed E-state index contributed by atoms with van der Waals surface area (Å²) in [5, 5.41) is 3.41. The zero-order valence-electron chi connectivity index (χ0n) is 13.3. The number of halogens is 2. The molecule has 1 aromatic carbocycles. The van der Waals surface area contributed by atoms with E-state index in [1.165, 1.54) is 19.3 Å². The summed E-state index contributed by atoms with van der Waals surface area (Å²) < 4.78 is 27.2. The number of hydrogen-bond donors (Lipinski definition) is 1. The fourth-order valence-corrected chi connectivity index (χ4v) is 3.30. The van der Waals surface area contributed by atoms with Gasteiger partial charge in [0.15, 0.2) is 11.6 Å². The van der Waals surface area contributed by atoms with Crippen molar-refractivity contribution in [2.75, 3.05) is 20.6 Å². The molecule has 118 valence electrons. The van der Waals surface area contributed by atoms with Crippen LogP contribution in [0.15, 0.2) is 18.2 Å². The molecule has 0 spiro atoms. The average molecular weight is 296 g/mol. The Bertz CT molecular complexity index is 468. The minimum Gasteiger partial charge on any atom is -0.308 e. The Morgan fingerprint density at radius 2 is 1.86 bits per heavy atom. The largest absolute Gasteiger partial charge is 0.308 e. The van der Waals surface area contributed by atoms with Crippen molar-refractivity contribution >= 4 is 0 Å². The summed E-state index contributed by atoms with van der Waals surface area (Å²) in [6.07, 6.45) is 6.09. The van der Waals surface area contributed by atoms with E-state index < -0.39 is 11.6 Å². The lowest BCUT2D eigenvalue weighted by Crippen LogP contribution is -2.53. The van der Waals surface area contributed by atoms with E-state index in [2.05, 4.69) is 24.3 Å². The van der Waals surface area contributed by atoms with Crippen LogP contribution in [0.5, 0.6) is 0 Å². The lowest BCUT2D eigenvalue weighted by molar-refractivity contribution is 0.0956. The van der Waals surface area contributed by atoms with Gasteiger partial charge in [-0.1, -0.05) is 31.4 Å². The molecule has 4 heteroatoms. The Labute approximate surface area is 126 Å². The van der Waals surface area contributed by atoms with E-state index in [0.717, 1.165) is 25.5 Å². The third-order valence-electron chi connectivity index (χ3n) is 4.92. The van der Waals surface area contributed by atoms with Crippen LogP contribution in [-0.4, -0.2) is 31.1 Å².